The van der Waals surface area contributed by atoms with Crippen LogP contribution in [0.1, 0.15) is 12.5 Å². The molecule has 0 saturated carbocycles. The van der Waals surface area contributed by atoms with Gasteiger partial charge in [0.2, 0.25) is 5.91 Å². The van der Waals surface area contributed by atoms with Crippen LogP contribution in [0, 0.1) is 0 Å². The monoisotopic (exact) mass is 437 g/mol. The molecule has 2 amide bonds. The Hall–Kier alpha value is -2.78. The quantitative estimate of drug-likeness (QED) is 0.709. The molecular formula is C19H20ClN3O5S. The third kappa shape index (κ3) is 4.63. The number of fused-ring (bicyclic) bond motifs is 1. The van der Waals surface area contributed by atoms with E-state index in [4.69, 9.17) is 22.1 Å². The molecule has 10 heteroatoms. The number of nitrogens with zero attached hydrogens (tertiary/aromatic N) is 1. The summed E-state index contributed by atoms with van der Waals surface area (Å²) in [5.41, 5.74) is 6.40. The van der Waals surface area contributed by atoms with E-state index in [1.807, 2.05) is 6.07 Å². The van der Waals surface area contributed by atoms with Gasteiger partial charge in [-0.3, -0.25) is 13.9 Å². The molecule has 0 aliphatic carbocycles. The average Bonchev–Trinajstić information content (AvgIpc) is 2.65. The summed E-state index contributed by atoms with van der Waals surface area (Å²) in [6, 6.07) is 10.8. The van der Waals surface area contributed by atoms with Gasteiger partial charge in [0, 0.05) is 11.9 Å². The van der Waals surface area contributed by atoms with Crippen molar-refractivity contribution in [3.63, 3.8) is 0 Å². The molecule has 3 N–H and O–H groups in total. The van der Waals surface area contributed by atoms with Gasteiger partial charge < -0.3 is 15.8 Å². The van der Waals surface area contributed by atoms with Gasteiger partial charge in [-0.15, -0.1) is 0 Å². The molecule has 154 valence electrons. The first-order valence-electron chi connectivity index (χ1n) is 8.77. The molecule has 0 radical (unpaired) electrons. The van der Waals surface area contributed by atoms with Gasteiger partial charge in [0.05, 0.1) is 18.3 Å². The van der Waals surface area contributed by atoms with E-state index in [1.54, 1.807) is 18.2 Å². The van der Waals surface area contributed by atoms with Crippen LogP contribution in [0.4, 0.5) is 5.69 Å². The molecule has 0 spiro atoms. The molecule has 8 nitrogen and oxygen atoms in total. The van der Waals surface area contributed by atoms with Crippen molar-refractivity contribution in [1.82, 2.24) is 5.32 Å². The van der Waals surface area contributed by atoms with Crippen molar-refractivity contribution in [2.75, 3.05) is 17.5 Å². The van der Waals surface area contributed by atoms with Gasteiger partial charge in [0.1, 0.15) is 10.6 Å². The van der Waals surface area contributed by atoms with E-state index >= 15 is 0 Å². The van der Waals surface area contributed by atoms with E-state index in [9.17, 15) is 18.0 Å². The van der Waals surface area contributed by atoms with Crippen LogP contribution in [0.15, 0.2) is 47.4 Å². The Labute approximate surface area is 173 Å². The molecule has 0 bridgehead atoms. The molecule has 0 fully saturated rings. The zero-order valence-corrected chi connectivity index (χ0v) is 17.2. The molecule has 1 atom stereocenters. The van der Waals surface area contributed by atoms with Crippen molar-refractivity contribution in [3.05, 3.63) is 53.1 Å². The first-order chi connectivity index (χ1) is 13.7. The smallest absolute Gasteiger partial charge is 0.268 e. The van der Waals surface area contributed by atoms with Gasteiger partial charge in [0.15, 0.2) is 6.61 Å². The molecule has 1 unspecified atom stereocenters. The largest absolute Gasteiger partial charge is 0.482 e. The van der Waals surface area contributed by atoms with E-state index in [-0.39, 0.29) is 28.1 Å². The van der Waals surface area contributed by atoms with E-state index in [1.165, 1.54) is 29.4 Å². The third-order valence-corrected chi connectivity index (χ3v) is 6.40. The molecule has 3 rings (SSSR count). The van der Waals surface area contributed by atoms with Gasteiger partial charge in [-0.25, -0.2) is 8.42 Å². The summed E-state index contributed by atoms with van der Waals surface area (Å²) in [5, 5.41) is 2.97. The van der Waals surface area contributed by atoms with E-state index in [0.29, 0.717) is 12.1 Å². The lowest BCUT2D eigenvalue weighted by Crippen LogP contribution is -2.49. The molecule has 2 aromatic rings. The maximum atomic E-state index is 13.6. The van der Waals surface area contributed by atoms with Crippen molar-refractivity contribution in [2.24, 2.45) is 5.73 Å². The van der Waals surface area contributed by atoms with Crippen LogP contribution >= 0.6 is 11.6 Å². The lowest BCUT2D eigenvalue weighted by atomic mass is 10.00. The van der Waals surface area contributed by atoms with Crippen LogP contribution in [-0.4, -0.2) is 39.4 Å². The number of nitrogens with two attached hydrogens (primary N) is 1. The second kappa shape index (κ2) is 8.30. The number of halogens is 1. The number of carbonyl (C=O) groups excluding carboxylic acids is 2. The summed E-state index contributed by atoms with van der Waals surface area (Å²) >= 11 is 6.04. The Morgan fingerprint density at radius 2 is 2.00 bits per heavy atom. The van der Waals surface area contributed by atoms with Crippen molar-refractivity contribution >= 4 is 39.1 Å². The number of para-hydroxylation sites is 1. The Kier molecular flexibility index (Phi) is 5.99. The van der Waals surface area contributed by atoms with Crippen LogP contribution in [0.2, 0.25) is 5.02 Å². The lowest BCUT2D eigenvalue weighted by Gasteiger charge is -2.35. The van der Waals surface area contributed by atoms with Crippen LogP contribution in [0.3, 0.4) is 0 Å². The summed E-state index contributed by atoms with van der Waals surface area (Å²) < 4.78 is 33.6. The van der Waals surface area contributed by atoms with Gasteiger partial charge in [-0.05, 0) is 36.2 Å². The summed E-state index contributed by atoms with van der Waals surface area (Å²) in [6.45, 7) is 0.946. The lowest BCUT2D eigenvalue weighted by molar-refractivity contribution is -0.120. The number of anilines is 1. The fourth-order valence-corrected chi connectivity index (χ4v) is 5.18. The molecule has 2 aromatic carbocycles. The average molecular weight is 438 g/mol. The number of carbonyl (C=O) groups is 2. The van der Waals surface area contributed by atoms with Crippen molar-refractivity contribution in [3.8, 4) is 5.75 Å². The molecule has 1 aliphatic rings. The number of primary amides is 1. The van der Waals surface area contributed by atoms with Crippen LogP contribution in [-0.2, 0) is 26.0 Å². The highest BCUT2D eigenvalue weighted by Crippen LogP contribution is 2.36. The van der Waals surface area contributed by atoms with E-state index in [2.05, 4.69) is 5.32 Å². The molecule has 1 heterocycles. The zero-order chi connectivity index (χ0) is 21.2. The number of hydrogen-bond donors (Lipinski definition) is 2. The second-order valence-electron chi connectivity index (χ2n) is 6.61. The van der Waals surface area contributed by atoms with Gasteiger partial charge >= 0.3 is 0 Å². The van der Waals surface area contributed by atoms with E-state index in [0.717, 1.165) is 5.56 Å². The Bertz CT molecular complexity index is 1060. The molecular weight excluding hydrogens is 418 g/mol. The third-order valence-electron chi connectivity index (χ3n) is 4.36. The fraction of sp³-hybridized carbons (Fsp3) is 0.263. The minimum Gasteiger partial charge on any atom is -0.482 e. The molecule has 0 aromatic heterocycles. The van der Waals surface area contributed by atoms with Gasteiger partial charge in [-0.2, -0.15) is 0 Å². The van der Waals surface area contributed by atoms with Gasteiger partial charge in [0.25, 0.3) is 15.9 Å². The number of amides is 2. The first kappa shape index (κ1) is 20.9. The first-order valence-corrected chi connectivity index (χ1v) is 10.6. The maximum Gasteiger partial charge on any atom is 0.268 e. The van der Waals surface area contributed by atoms with E-state index < -0.39 is 28.6 Å². The maximum absolute atomic E-state index is 13.6. The van der Waals surface area contributed by atoms with Crippen molar-refractivity contribution in [2.45, 2.75) is 24.3 Å². The summed E-state index contributed by atoms with van der Waals surface area (Å²) in [7, 11) is -4.12. The summed E-state index contributed by atoms with van der Waals surface area (Å²) in [4.78, 5) is 22.4. The zero-order valence-electron chi connectivity index (χ0n) is 15.6. The number of rotatable bonds is 6. The highest BCUT2D eigenvalue weighted by atomic mass is 35.5. The normalized spacial score (nSPS) is 16.1. The van der Waals surface area contributed by atoms with Crippen LogP contribution in [0.5, 0.6) is 5.75 Å². The SMILES string of the molecule is CC(=O)NC1Cc2ccccc2N(S(=O)(=O)c2cc(Cl)ccc2OCC(N)=O)C1. The van der Waals surface area contributed by atoms with Crippen LogP contribution < -0.4 is 20.1 Å². The molecule has 1 aliphatic heterocycles. The summed E-state index contributed by atoms with van der Waals surface area (Å²) in [5.74, 6) is -1.02. The molecule has 0 saturated heterocycles. The van der Waals surface area contributed by atoms with Crippen molar-refractivity contribution in [1.29, 1.82) is 0 Å². The Morgan fingerprint density at radius 1 is 1.28 bits per heavy atom. The number of nitrogens with one attached hydrogen (secondary N) is 1. The number of sulfonamides is 1. The minimum absolute atomic E-state index is 0.0349. The topological polar surface area (TPSA) is 119 Å². The number of benzene rings is 2. The number of ether oxygens (including phenoxy) is 1. The second-order valence-corrected chi connectivity index (χ2v) is 8.88. The standard InChI is InChI=1S/C19H20ClN3O5S/c1-12(24)22-15-8-13-4-2-3-5-16(13)23(10-15)29(26,27)18-9-14(20)6-7-17(18)28-11-19(21)25/h2-7,9,15H,8,10-11H2,1H3,(H2,21,25)(H,22,24). The van der Waals surface area contributed by atoms with Crippen molar-refractivity contribution < 1.29 is 22.7 Å². The molecule has 29 heavy (non-hydrogen) atoms. The Morgan fingerprint density at radius 3 is 2.69 bits per heavy atom. The van der Waals surface area contributed by atoms with Gasteiger partial charge in [-0.1, -0.05) is 29.8 Å². The predicted octanol–water partition coefficient (Wildman–Crippen LogP) is 1.46. The van der Waals surface area contributed by atoms with Crippen LogP contribution in [0.25, 0.3) is 0 Å². The highest BCUT2D eigenvalue weighted by Gasteiger charge is 2.35. The predicted molar refractivity (Wildman–Crippen MR) is 108 cm³/mol. The number of hydrogen-bond acceptors (Lipinski definition) is 5. The fourth-order valence-electron chi connectivity index (χ4n) is 3.24. The summed E-state index contributed by atoms with van der Waals surface area (Å²) in [6.07, 6.45) is 0.502. The minimum atomic E-state index is -4.12. The Balaban J connectivity index is 2.07. The highest BCUT2D eigenvalue weighted by molar-refractivity contribution is 7.93.